The molecule has 4 aliphatic carbocycles. The van der Waals surface area contributed by atoms with E-state index in [4.69, 9.17) is 0 Å². The van der Waals surface area contributed by atoms with Crippen LogP contribution < -0.4 is 4.90 Å². The van der Waals surface area contributed by atoms with Gasteiger partial charge >= 0.3 is 5.69 Å². The molecule has 5 fully saturated rings. The fourth-order valence-corrected chi connectivity index (χ4v) is 9.73. The molecule has 2 aliphatic heterocycles. The normalized spacial score (nSPS) is 38.8. The van der Waals surface area contributed by atoms with E-state index in [0.29, 0.717) is 35.6 Å². The predicted molar refractivity (Wildman–Crippen MR) is 129 cm³/mol. The molecule has 1 aromatic heterocycles. The summed E-state index contributed by atoms with van der Waals surface area (Å²) in [6, 6.07) is 7.13. The lowest BCUT2D eigenvalue weighted by Gasteiger charge is -2.66. The number of phenolic OH excluding ortho intramolecular Hbond substituents is 1. The number of nitro groups is 1. The monoisotopic (exact) mass is 473 g/mol. The van der Waals surface area contributed by atoms with Crippen LogP contribution in [0.2, 0.25) is 0 Å². The maximum atomic E-state index is 11.1. The second kappa shape index (κ2) is 6.72. The van der Waals surface area contributed by atoms with Gasteiger partial charge in [-0.3, -0.25) is 15.0 Å². The molecule has 2 aromatic rings. The van der Waals surface area contributed by atoms with E-state index in [1.54, 1.807) is 0 Å². The van der Waals surface area contributed by atoms with Gasteiger partial charge in [0.25, 0.3) is 0 Å². The van der Waals surface area contributed by atoms with Crippen LogP contribution in [0.15, 0.2) is 30.6 Å². The van der Waals surface area contributed by atoms with Crippen molar-refractivity contribution in [3.05, 3.63) is 51.8 Å². The van der Waals surface area contributed by atoms with Gasteiger partial charge in [0, 0.05) is 30.6 Å². The van der Waals surface area contributed by atoms with Crippen LogP contribution in [0, 0.1) is 33.3 Å². The largest absolute Gasteiger partial charge is 0.508 e. The van der Waals surface area contributed by atoms with E-state index < -0.39 is 4.92 Å². The number of phenols is 1. The molecule has 0 amide bonds. The first-order valence-corrected chi connectivity index (χ1v) is 13.3. The molecule has 8 nitrogen and oxygen atoms in total. The second-order valence-corrected chi connectivity index (χ2v) is 12.1. The Balaban J connectivity index is 1.24. The van der Waals surface area contributed by atoms with Gasteiger partial charge in [0.05, 0.1) is 4.92 Å². The van der Waals surface area contributed by atoms with Crippen molar-refractivity contribution in [2.24, 2.45) is 23.2 Å². The predicted octanol–water partition coefficient (Wildman–Crippen LogP) is 3.67. The lowest BCUT2D eigenvalue weighted by atomic mass is 9.43. The number of hydrogen-bond donors (Lipinski definition) is 1. The molecule has 6 aliphatic rings. The van der Waals surface area contributed by atoms with Gasteiger partial charge in [-0.2, -0.15) is 0 Å². The molecular formula is C27H31N5O3. The first-order valence-electron chi connectivity index (χ1n) is 13.3. The quantitative estimate of drug-likeness (QED) is 0.535. The molecule has 3 saturated carbocycles. The van der Waals surface area contributed by atoms with Gasteiger partial charge in [-0.15, -0.1) is 0 Å². The molecule has 6 atom stereocenters. The Morgan fingerprint density at radius 1 is 1.17 bits per heavy atom. The van der Waals surface area contributed by atoms with Gasteiger partial charge in [-0.05, 0) is 97.9 Å². The number of benzene rings is 1. The fourth-order valence-electron chi connectivity index (χ4n) is 9.73. The van der Waals surface area contributed by atoms with Gasteiger partial charge in [-0.1, -0.05) is 6.07 Å². The minimum atomic E-state index is -0.433. The zero-order valence-corrected chi connectivity index (χ0v) is 19.8. The van der Waals surface area contributed by atoms with Crippen LogP contribution in [0.1, 0.15) is 49.7 Å². The van der Waals surface area contributed by atoms with E-state index in [2.05, 4.69) is 31.9 Å². The van der Waals surface area contributed by atoms with Crippen LogP contribution in [0.25, 0.3) is 0 Å². The van der Waals surface area contributed by atoms with Crippen molar-refractivity contribution in [1.82, 2.24) is 14.9 Å². The Morgan fingerprint density at radius 3 is 2.77 bits per heavy atom. The fraction of sp³-hybridized carbons (Fsp3) is 0.630. The van der Waals surface area contributed by atoms with Crippen molar-refractivity contribution in [1.29, 1.82) is 0 Å². The number of aromatic nitrogens is 2. The number of hydrogen-bond acceptors (Lipinski definition) is 7. The Bertz CT molecular complexity index is 1230. The minimum absolute atomic E-state index is 0.0584. The number of anilines is 1. The van der Waals surface area contributed by atoms with Crippen LogP contribution in [0.3, 0.4) is 0 Å². The summed E-state index contributed by atoms with van der Waals surface area (Å²) in [4.78, 5) is 24.8. The molecule has 2 saturated heterocycles. The van der Waals surface area contributed by atoms with Crippen LogP contribution >= 0.6 is 0 Å². The lowest BCUT2D eigenvalue weighted by Crippen LogP contribution is -2.69. The first kappa shape index (κ1) is 20.5. The first-order chi connectivity index (χ1) is 17.0. The van der Waals surface area contributed by atoms with Crippen molar-refractivity contribution in [3.63, 3.8) is 0 Å². The summed E-state index contributed by atoms with van der Waals surface area (Å²) in [6.45, 7) is 3.35. The molecule has 0 radical (unpaired) electrons. The number of likely N-dealkylation sites (tertiary alicyclic amines) is 1. The number of rotatable bonds is 4. The van der Waals surface area contributed by atoms with Crippen LogP contribution in [0.4, 0.5) is 11.6 Å². The highest BCUT2D eigenvalue weighted by Crippen LogP contribution is 2.75. The Kier molecular flexibility index (Phi) is 3.93. The van der Waals surface area contributed by atoms with Crippen LogP contribution in [-0.4, -0.2) is 56.6 Å². The van der Waals surface area contributed by atoms with E-state index >= 15 is 0 Å². The van der Waals surface area contributed by atoms with Crippen molar-refractivity contribution in [2.75, 3.05) is 24.5 Å². The average Bonchev–Trinajstić information content (AvgIpc) is 3.54. The molecule has 5 unspecified atom stereocenters. The summed E-state index contributed by atoms with van der Waals surface area (Å²) in [7, 11) is 0. The minimum Gasteiger partial charge on any atom is -0.508 e. The Labute approximate surface area is 204 Å². The zero-order chi connectivity index (χ0) is 23.5. The maximum absolute atomic E-state index is 11.1. The summed E-state index contributed by atoms with van der Waals surface area (Å²) in [6.07, 6.45) is 11.3. The summed E-state index contributed by atoms with van der Waals surface area (Å²) in [5, 5.41) is 21.7. The molecule has 1 N–H and O–H groups in total. The SMILES string of the molecule is O=[N+]([O-])c1cnc(N2C[C@H]3CC45CCC2C3C42CCN(CC3CC3)C5Cc3ccc(O)cc32)nc1. The van der Waals surface area contributed by atoms with Crippen molar-refractivity contribution >= 4 is 11.6 Å². The Hall–Kier alpha value is -2.74. The molecule has 3 heterocycles. The molecule has 8 rings (SSSR count). The summed E-state index contributed by atoms with van der Waals surface area (Å²) in [5.41, 5.74) is 3.18. The summed E-state index contributed by atoms with van der Waals surface area (Å²) >= 11 is 0. The van der Waals surface area contributed by atoms with E-state index in [1.807, 2.05) is 6.07 Å². The Morgan fingerprint density at radius 2 is 2.00 bits per heavy atom. The van der Waals surface area contributed by atoms with Crippen LogP contribution in [0.5, 0.6) is 5.75 Å². The number of aromatic hydroxyl groups is 1. The molecule has 35 heavy (non-hydrogen) atoms. The van der Waals surface area contributed by atoms with Gasteiger partial charge in [-0.25, -0.2) is 9.97 Å². The number of piperidine rings is 1. The number of nitrogens with zero attached hydrogens (tertiary/aromatic N) is 5. The van der Waals surface area contributed by atoms with Crippen LogP contribution in [-0.2, 0) is 11.8 Å². The number of fused-ring (bicyclic) bond motifs is 1. The molecule has 182 valence electrons. The maximum Gasteiger partial charge on any atom is 0.305 e. The molecule has 0 spiro atoms. The molecule has 1 aromatic carbocycles. The third kappa shape index (κ3) is 2.51. The third-order valence-corrected chi connectivity index (χ3v) is 10.9. The third-order valence-electron chi connectivity index (χ3n) is 10.9. The highest BCUT2D eigenvalue weighted by Gasteiger charge is 2.76. The lowest BCUT2D eigenvalue weighted by molar-refractivity contribution is -0.385. The molecule has 8 heteroatoms. The van der Waals surface area contributed by atoms with E-state index in [9.17, 15) is 15.2 Å². The highest BCUT2D eigenvalue weighted by atomic mass is 16.6. The molecular weight excluding hydrogens is 442 g/mol. The average molecular weight is 474 g/mol. The second-order valence-electron chi connectivity index (χ2n) is 12.1. The summed E-state index contributed by atoms with van der Waals surface area (Å²) in [5.74, 6) is 3.00. The van der Waals surface area contributed by atoms with E-state index in [-0.39, 0.29) is 16.5 Å². The van der Waals surface area contributed by atoms with Gasteiger partial charge in [0.15, 0.2) is 0 Å². The van der Waals surface area contributed by atoms with Crippen molar-refractivity contribution in [3.8, 4) is 5.75 Å². The summed E-state index contributed by atoms with van der Waals surface area (Å²) < 4.78 is 0. The standard InChI is InChI=1S/C27H31N5O3/c33-20-4-3-17-9-23-26-6-5-22-24(27(26,21(17)10-20)7-8-30(23)14-16-1-2-16)18(11-26)15-31(22)25-28-12-19(13-29-25)32(34)35/h3-4,10,12-13,16,18,22-24,33H,1-2,5-9,11,14-15H2/t18-,22?,23?,24?,26?,27?/m1/s1. The van der Waals surface area contributed by atoms with E-state index in [1.165, 1.54) is 62.2 Å². The van der Waals surface area contributed by atoms with Crippen molar-refractivity contribution < 1.29 is 10.0 Å². The van der Waals surface area contributed by atoms with Gasteiger partial charge in [0.1, 0.15) is 18.1 Å². The molecule has 4 bridgehead atoms. The van der Waals surface area contributed by atoms with Crippen molar-refractivity contribution in [2.45, 2.75) is 62.4 Å². The van der Waals surface area contributed by atoms with Gasteiger partial charge < -0.3 is 10.0 Å². The zero-order valence-electron chi connectivity index (χ0n) is 19.8. The topological polar surface area (TPSA) is 95.6 Å². The highest BCUT2D eigenvalue weighted by molar-refractivity contribution is 5.53. The van der Waals surface area contributed by atoms with E-state index in [0.717, 1.165) is 31.8 Å². The van der Waals surface area contributed by atoms with Gasteiger partial charge in [0.2, 0.25) is 5.95 Å². The smallest absolute Gasteiger partial charge is 0.305 e.